The number of hydrogen-bond acceptors (Lipinski definition) is 2. The number of fused-ring (bicyclic) bond motifs is 1. The lowest BCUT2D eigenvalue weighted by Gasteiger charge is -2.16. The van der Waals surface area contributed by atoms with Gasteiger partial charge in [-0.15, -0.1) is 0 Å². The number of imidazole rings is 1. The molecule has 1 heterocycles. The van der Waals surface area contributed by atoms with Crippen molar-refractivity contribution >= 4 is 16.9 Å². The molecule has 0 radical (unpaired) electrons. The van der Waals surface area contributed by atoms with Crippen LogP contribution in [0.3, 0.4) is 0 Å². The Morgan fingerprint density at radius 2 is 1.83 bits per heavy atom. The molecule has 0 saturated carbocycles. The predicted molar refractivity (Wildman–Crippen MR) is 96.7 cm³/mol. The van der Waals surface area contributed by atoms with E-state index in [9.17, 15) is 4.79 Å². The first kappa shape index (κ1) is 16.2. The maximum atomic E-state index is 12.3. The first-order valence-electron chi connectivity index (χ1n) is 8.47. The van der Waals surface area contributed by atoms with Crippen LogP contribution in [-0.4, -0.2) is 15.5 Å². The number of carbonyl (C=O) groups excluding carboxylic acids is 1. The number of nitrogens with zero attached hydrogens (tertiary/aromatic N) is 2. The monoisotopic (exact) mass is 321 g/mol. The van der Waals surface area contributed by atoms with Crippen LogP contribution >= 0.6 is 0 Å². The lowest BCUT2D eigenvalue weighted by atomic mass is 10.1. The summed E-state index contributed by atoms with van der Waals surface area (Å²) >= 11 is 0. The van der Waals surface area contributed by atoms with Crippen LogP contribution in [0.2, 0.25) is 0 Å². The molecule has 0 spiro atoms. The molecule has 4 nitrogen and oxygen atoms in total. The van der Waals surface area contributed by atoms with Gasteiger partial charge in [0.1, 0.15) is 5.82 Å². The first-order valence-corrected chi connectivity index (χ1v) is 8.47. The summed E-state index contributed by atoms with van der Waals surface area (Å²) in [6, 6.07) is 17.8. The summed E-state index contributed by atoms with van der Waals surface area (Å²) in [4.78, 5) is 17.1. The van der Waals surface area contributed by atoms with Crippen molar-refractivity contribution in [3.8, 4) is 0 Å². The summed E-state index contributed by atoms with van der Waals surface area (Å²) in [6.45, 7) is 5.04. The van der Waals surface area contributed by atoms with Gasteiger partial charge in [0.15, 0.2) is 0 Å². The molecular weight excluding hydrogens is 298 g/mol. The Hall–Kier alpha value is -2.62. The summed E-state index contributed by atoms with van der Waals surface area (Å²) in [5.41, 5.74) is 3.12. The van der Waals surface area contributed by atoms with Crippen molar-refractivity contribution in [3.63, 3.8) is 0 Å². The molecule has 1 amide bonds. The summed E-state index contributed by atoms with van der Waals surface area (Å²) in [6.07, 6.45) is 1.41. The molecule has 0 aliphatic heterocycles. The van der Waals surface area contributed by atoms with Crippen molar-refractivity contribution in [2.24, 2.45) is 0 Å². The van der Waals surface area contributed by atoms with Gasteiger partial charge < -0.3 is 9.88 Å². The minimum atomic E-state index is -0.125. The van der Waals surface area contributed by atoms with Crippen LogP contribution in [0, 0.1) is 0 Å². The smallest absolute Gasteiger partial charge is 0.224 e. The van der Waals surface area contributed by atoms with Crippen LogP contribution in [0.15, 0.2) is 54.6 Å². The molecule has 3 aromatic rings. The first-order chi connectivity index (χ1) is 11.7. The summed E-state index contributed by atoms with van der Waals surface area (Å²) < 4.78 is 2.21. The van der Waals surface area contributed by atoms with E-state index in [-0.39, 0.29) is 11.9 Å². The third-order valence-corrected chi connectivity index (χ3v) is 4.10. The molecule has 124 valence electrons. The molecule has 0 aliphatic rings. The number of hydrogen-bond donors (Lipinski definition) is 1. The van der Waals surface area contributed by atoms with E-state index < -0.39 is 0 Å². The Morgan fingerprint density at radius 3 is 2.58 bits per heavy atom. The second kappa shape index (κ2) is 7.30. The predicted octanol–water partition coefficient (Wildman–Crippen LogP) is 3.87. The van der Waals surface area contributed by atoms with Gasteiger partial charge in [-0.05, 0) is 31.0 Å². The van der Waals surface area contributed by atoms with E-state index in [1.165, 1.54) is 0 Å². The molecule has 2 aromatic carbocycles. The highest BCUT2D eigenvalue weighted by atomic mass is 16.1. The molecular formula is C20H23N3O. The van der Waals surface area contributed by atoms with Crippen molar-refractivity contribution in [3.05, 3.63) is 66.0 Å². The van der Waals surface area contributed by atoms with Crippen LogP contribution in [-0.2, 0) is 17.8 Å². The molecule has 4 heteroatoms. The topological polar surface area (TPSA) is 46.9 Å². The molecule has 0 aliphatic carbocycles. The van der Waals surface area contributed by atoms with Gasteiger partial charge in [0.2, 0.25) is 5.91 Å². The highest BCUT2D eigenvalue weighted by Crippen LogP contribution is 2.21. The maximum absolute atomic E-state index is 12.3. The molecule has 24 heavy (non-hydrogen) atoms. The number of aryl methyl sites for hydroxylation is 1. The Morgan fingerprint density at radius 1 is 1.12 bits per heavy atom. The third-order valence-electron chi connectivity index (χ3n) is 4.10. The van der Waals surface area contributed by atoms with Gasteiger partial charge in [-0.25, -0.2) is 4.98 Å². The van der Waals surface area contributed by atoms with E-state index in [1.54, 1.807) is 0 Å². The van der Waals surface area contributed by atoms with Gasteiger partial charge in [0.05, 0.1) is 23.5 Å². The number of para-hydroxylation sites is 2. The largest absolute Gasteiger partial charge is 0.346 e. The van der Waals surface area contributed by atoms with Crippen molar-refractivity contribution in [2.45, 2.75) is 39.3 Å². The molecule has 1 aromatic heterocycles. The molecule has 1 N–H and O–H groups in total. The standard InChI is InChI=1S/C20H23N3O/c1-3-13-23-18-12-8-7-11-17(18)22-20(23)15(2)21-19(24)14-16-9-5-4-6-10-16/h4-12,15H,3,13-14H2,1-2H3,(H,21,24). The summed E-state index contributed by atoms with van der Waals surface area (Å²) in [7, 11) is 0. The van der Waals surface area contributed by atoms with Gasteiger partial charge >= 0.3 is 0 Å². The van der Waals surface area contributed by atoms with Gasteiger partial charge in [-0.3, -0.25) is 4.79 Å². The SMILES string of the molecule is CCCn1c(C(C)NC(=O)Cc2ccccc2)nc2ccccc21. The molecule has 3 rings (SSSR count). The average Bonchev–Trinajstić information content (AvgIpc) is 2.95. The highest BCUT2D eigenvalue weighted by Gasteiger charge is 2.18. The second-order valence-corrected chi connectivity index (χ2v) is 6.06. The summed E-state index contributed by atoms with van der Waals surface area (Å²) in [5, 5.41) is 3.08. The van der Waals surface area contributed by atoms with E-state index >= 15 is 0 Å². The number of benzene rings is 2. The summed E-state index contributed by atoms with van der Waals surface area (Å²) in [5.74, 6) is 0.934. The van der Waals surface area contributed by atoms with Gasteiger partial charge in [-0.2, -0.15) is 0 Å². The van der Waals surface area contributed by atoms with Crippen molar-refractivity contribution in [1.29, 1.82) is 0 Å². The number of nitrogens with one attached hydrogen (secondary N) is 1. The Bertz CT molecular complexity index is 823. The zero-order valence-electron chi connectivity index (χ0n) is 14.2. The number of aromatic nitrogens is 2. The fourth-order valence-electron chi connectivity index (χ4n) is 3.02. The average molecular weight is 321 g/mol. The van der Waals surface area contributed by atoms with Crippen molar-refractivity contribution < 1.29 is 4.79 Å². The molecule has 0 fully saturated rings. The molecule has 0 bridgehead atoms. The van der Waals surface area contributed by atoms with E-state index in [0.717, 1.165) is 35.4 Å². The Labute approximate surface area is 142 Å². The highest BCUT2D eigenvalue weighted by molar-refractivity contribution is 5.79. The van der Waals surface area contributed by atoms with E-state index in [2.05, 4.69) is 22.9 Å². The lowest BCUT2D eigenvalue weighted by molar-refractivity contribution is -0.121. The maximum Gasteiger partial charge on any atom is 0.224 e. The Kier molecular flexibility index (Phi) is 4.94. The number of carbonyl (C=O) groups is 1. The molecule has 0 saturated heterocycles. The zero-order chi connectivity index (χ0) is 16.9. The normalized spacial score (nSPS) is 12.2. The molecule has 1 atom stereocenters. The fourth-order valence-corrected chi connectivity index (χ4v) is 3.02. The minimum Gasteiger partial charge on any atom is -0.346 e. The lowest BCUT2D eigenvalue weighted by Crippen LogP contribution is -2.30. The van der Waals surface area contributed by atoms with Crippen LogP contribution in [0.1, 0.15) is 37.7 Å². The number of rotatable bonds is 6. The van der Waals surface area contributed by atoms with Crippen LogP contribution in [0.4, 0.5) is 0 Å². The van der Waals surface area contributed by atoms with Crippen LogP contribution in [0.5, 0.6) is 0 Å². The van der Waals surface area contributed by atoms with Gasteiger partial charge in [0, 0.05) is 6.54 Å². The van der Waals surface area contributed by atoms with Crippen molar-refractivity contribution in [1.82, 2.24) is 14.9 Å². The zero-order valence-corrected chi connectivity index (χ0v) is 14.2. The van der Waals surface area contributed by atoms with E-state index in [1.807, 2.05) is 55.5 Å². The van der Waals surface area contributed by atoms with Crippen LogP contribution < -0.4 is 5.32 Å². The van der Waals surface area contributed by atoms with Gasteiger partial charge in [-0.1, -0.05) is 49.4 Å². The van der Waals surface area contributed by atoms with E-state index in [0.29, 0.717) is 6.42 Å². The number of amides is 1. The van der Waals surface area contributed by atoms with E-state index in [4.69, 9.17) is 4.98 Å². The third kappa shape index (κ3) is 3.48. The fraction of sp³-hybridized carbons (Fsp3) is 0.300. The van der Waals surface area contributed by atoms with Crippen LogP contribution in [0.25, 0.3) is 11.0 Å². The Balaban J connectivity index is 1.79. The van der Waals surface area contributed by atoms with Gasteiger partial charge in [0.25, 0.3) is 0 Å². The van der Waals surface area contributed by atoms with Crippen molar-refractivity contribution in [2.75, 3.05) is 0 Å². The minimum absolute atomic E-state index is 0.0174. The quantitative estimate of drug-likeness (QED) is 0.749. The second-order valence-electron chi connectivity index (χ2n) is 6.06. The molecule has 1 unspecified atom stereocenters.